The monoisotopic (exact) mass is 267 g/mol. The summed E-state index contributed by atoms with van der Waals surface area (Å²) in [5.41, 5.74) is 1.44. The third-order valence-corrected chi connectivity index (χ3v) is 2.77. The molecule has 1 aromatic rings. The highest BCUT2D eigenvalue weighted by Gasteiger charge is 2.17. The topological polar surface area (TPSA) is 67.8 Å². The molecule has 106 valence electrons. The van der Waals surface area contributed by atoms with E-state index < -0.39 is 6.04 Å². The smallest absolute Gasteiger partial charge is 0.328 e. The maximum absolute atomic E-state index is 11.5. The molecule has 0 fully saturated rings. The van der Waals surface area contributed by atoms with Crippen molar-refractivity contribution in [1.29, 1.82) is 0 Å². The molecule has 2 N–H and O–H groups in total. The van der Waals surface area contributed by atoms with Gasteiger partial charge in [-0.05, 0) is 31.5 Å². The fraction of sp³-hybridized carbons (Fsp3) is 0.500. The van der Waals surface area contributed by atoms with Gasteiger partial charge in [0, 0.05) is 11.3 Å². The molecule has 0 aliphatic rings. The molecule has 5 nitrogen and oxygen atoms in total. The van der Waals surface area contributed by atoms with Gasteiger partial charge in [-0.2, -0.15) is 0 Å². The molecule has 19 heavy (non-hydrogen) atoms. The van der Waals surface area contributed by atoms with Gasteiger partial charge < -0.3 is 19.9 Å². The summed E-state index contributed by atoms with van der Waals surface area (Å²) >= 11 is 0. The average molecular weight is 267 g/mol. The van der Waals surface area contributed by atoms with E-state index in [1.54, 1.807) is 12.1 Å². The number of hydrogen-bond donors (Lipinski definition) is 2. The van der Waals surface area contributed by atoms with Crippen LogP contribution in [0.5, 0.6) is 5.75 Å². The predicted molar refractivity (Wildman–Crippen MR) is 73.3 cm³/mol. The molecule has 0 aliphatic carbocycles. The number of nitrogens with one attached hydrogen (secondary N) is 1. The van der Waals surface area contributed by atoms with E-state index in [9.17, 15) is 9.90 Å². The molecule has 0 spiro atoms. The van der Waals surface area contributed by atoms with E-state index in [0.717, 1.165) is 5.69 Å². The van der Waals surface area contributed by atoms with Crippen molar-refractivity contribution in [3.8, 4) is 5.75 Å². The lowest BCUT2D eigenvalue weighted by Gasteiger charge is -2.17. The second-order valence-corrected chi connectivity index (χ2v) is 4.04. The first-order valence-electron chi connectivity index (χ1n) is 6.37. The van der Waals surface area contributed by atoms with Gasteiger partial charge in [0.15, 0.2) is 0 Å². The molecule has 0 aliphatic heterocycles. The molecule has 0 saturated heterocycles. The lowest BCUT2D eigenvalue weighted by molar-refractivity contribution is -0.141. The fourth-order valence-electron chi connectivity index (χ4n) is 1.76. The Kier molecular flexibility index (Phi) is 6.15. The summed E-state index contributed by atoms with van der Waals surface area (Å²) < 4.78 is 10.1. The van der Waals surface area contributed by atoms with Gasteiger partial charge in [-0.3, -0.25) is 0 Å². The summed E-state index contributed by atoms with van der Waals surface area (Å²) in [5, 5.41) is 12.4. The van der Waals surface area contributed by atoms with Gasteiger partial charge in [-0.1, -0.05) is 6.92 Å². The molecule has 0 radical (unpaired) electrons. The summed E-state index contributed by atoms with van der Waals surface area (Å²) in [4.78, 5) is 11.5. The van der Waals surface area contributed by atoms with Gasteiger partial charge >= 0.3 is 5.97 Å². The second-order valence-electron chi connectivity index (χ2n) is 4.04. The molecular formula is C14H21NO4. The molecule has 0 aromatic heterocycles. The van der Waals surface area contributed by atoms with Crippen molar-refractivity contribution in [3.05, 3.63) is 23.8 Å². The van der Waals surface area contributed by atoms with Gasteiger partial charge in [0.05, 0.1) is 20.3 Å². The number of esters is 1. The molecule has 5 heteroatoms. The van der Waals surface area contributed by atoms with Crippen molar-refractivity contribution in [2.75, 3.05) is 19.0 Å². The Morgan fingerprint density at radius 2 is 2.16 bits per heavy atom. The number of benzene rings is 1. The molecule has 1 rings (SSSR count). The van der Waals surface area contributed by atoms with Crippen LogP contribution in [0.15, 0.2) is 18.2 Å². The van der Waals surface area contributed by atoms with E-state index in [0.29, 0.717) is 24.3 Å². The fourth-order valence-corrected chi connectivity index (χ4v) is 1.76. The second kappa shape index (κ2) is 7.63. The molecule has 1 unspecified atom stereocenters. The molecule has 0 saturated carbocycles. The van der Waals surface area contributed by atoms with Crippen LogP contribution in [-0.4, -0.2) is 30.8 Å². The van der Waals surface area contributed by atoms with Gasteiger partial charge in [-0.25, -0.2) is 4.79 Å². The molecule has 1 aromatic carbocycles. The van der Waals surface area contributed by atoms with Crippen LogP contribution in [0, 0.1) is 0 Å². The average Bonchev–Trinajstić information content (AvgIpc) is 2.45. The zero-order valence-electron chi connectivity index (χ0n) is 11.6. The van der Waals surface area contributed by atoms with Crippen molar-refractivity contribution in [2.45, 2.75) is 32.9 Å². The maximum Gasteiger partial charge on any atom is 0.328 e. The van der Waals surface area contributed by atoms with E-state index in [-0.39, 0.29) is 12.6 Å². The molecule has 0 amide bonds. The normalized spacial score (nSPS) is 11.8. The minimum atomic E-state index is -0.394. The van der Waals surface area contributed by atoms with Crippen LogP contribution in [0.4, 0.5) is 5.69 Å². The van der Waals surface area contributed by atoms with Crippen LogP contribution < -0.4 is 10.1 Å². The Balaban J connectivity index is 2.86. The Morgan fingerprint density at radius 3 is 2.68 bits per heavy atom. The Morgan fingerprint density at radius 1 is 1.42 bits per heavy atom. The highest BCUT2D eigenvalue weighted by molar-refractivity contribution is 5.79. The number of carbonyl (C=O) groups is 1. The van der Waals surface area contributed by atoms with Crippen LogP contribution in [0.3, 0.4) is 0 Å². The number of ether oxygens (including phenoxy) is 2. The highest BCUT2D eigenvalue weighted by atomic mass is 16.5. The minimum absolute atomic E-state index is 0.111. The first-order valence-corrected chi connectivity index (χ1v) is 6.37. The van der Waals surface area contributed by atoms with E-state index in [1.165, 1.54) is 7.11 Å². The predicted octanol–water partition coefficient (Wildman–Crippen LogP) is 1.94. The Labute approximate surface area is 113 Å². The van der Waals surface area contributed by atoms with E-state index in [2.05, 4.69) is 5.32 Å². The first-order chi connectivity index (χ1) is 9.15. The number of hydrogen-bond acceptors (Lipinski definition) is 5. The Bertz CT molecular complexity index is 420. The summed E-state index contributed by atoms with van der Waals surface area (Å²) in [6.07, 6.45) is 0.619. The SMILES string of the molecule is CCOc1ccc(NC(CC)C(=O)OC)cc1CO. The van der Waals surface area contributed by atoms with Crippen molar-refractivity contribution < 1.29 is 19.4 Å². The zero-order valence-corrected chi connectivity index (χ0v) is 11.6. The lowest BCUT2D eigenvalue weighted by atomic mass is 10.1. The van der Waals surface area contributed by atoms with Crippen LogP contribution >= 0.6 is 0 Å². The number of carbonyl (C=O) groups excluding carboxylic acids is 1. The summed E-state index contributed by atoms with van der Waals surface area (Å²) in [5.74, 6) is 0.351. The maximum atomic E-state index is 11.5. The van der Waals surface area contributed by atoms with Gasteiger partial charge in [-0.15, -0.1) is 0 Å². The van der Waals surface area contributed by atoms with Crippen LogP contribution in [0.25, 0.3) is 0 Å². The van der Waals surface area contributed by atoms with Crippen LogP contribution in [0.2, 0.25) is 0 Å². The molecule has 0 bridgehead atoms. The number of anilines is 1. The summed E-state index contributed by atoms with van der Waals surface area (Å²) in [7, 11) is 1.37. The number of rotatable bonds is 7. The molecule has 0 heterocycles. The van der Waals surface area contributed by atoms with Crippen LogP contribution in [-0.2, 0) is 16.1 Å². The van der Waals surface area contributed by atoms with Gasteiger partial charge in [0.1, 0.15) is 11.8 Å². The minimum Gasteiger partial charge on any atom is -0.494 e. The first kappa shape index (κ1) is 15.3. The largest absolute Gasteiger partial charge is 0.494 e. The summed E-state index contributed by atoms with van der Waals surface area (Å²) in [6.45, 7) is 4.22. The summed E-state index contributed by atoms with van der Waals surface area (Å²) in [6, 6.07) is 4.97. The van der Waals surface area contributed by atoms with Crippen molar-refractivity contribution in [3.63, 3.8) is 0 Å². The van der Waals surface area contributed by atoms with Gasteiger partial charge in [0.25, 0.3) is 0 Å². The van der Waals surface area contributed by atoms with E-state index >= 15 is 0 Å². The van der Waals surface area contributed by atoms with Crippen molar-refractivity contribution in [2.24, 2.45) is 0 Å². The lowest BCUT2D eigenvalue weighted by Crippen LogP contribution is -2.29. The highest BCUT2D eigenvalue weighted by Crippen LogP contribution is 2.23. The van der Waals surface area contributed by atoms with E-state index in [1.807, 2.05) is 19.9 Å². The standard InChI is InChI=1S/C14H21NO4/c1-4-12(14(17)18-3)15-11-6-7-13(19-5-2)10(8-11)9-16/h6-8,12,15-16H,4-5,9H2,1-3H3. The Hall–Kier alpha value is -1.75. The molecule has 1 atom stereocenters. The van der Waals surface area contributed by atoms with Crippen molar-refractivity contribution in [1.82, 2.24) is 0 Å². The molecular weight excluding hydrogens is 246 g/mol. The number of methoxy groups -OCH3 is 1. The third kappa shape index (κ3) is 4.13. The van der Waals surface area contributed by atoms with Gasteiger partial charge in [0.2, 0.25) is 0 Å². The zero-order chi connectivity index (χ0) is 14.3. The third-order valence-electron chi connectivity index (χ3n) is 2.77. The van der Waals surface area contributed by atoms with Crippen molar-refractivity contribution >= 4 is 11.7 Å². The van der Waals surface area contributed by atoms with E-state index in [4.69, 9.17) is 9.47 Å². The van der Waals surface area contributed by atoms with Crippen LogP contribution in [0.1, 0.15) is 25.8 Å². The quantitative estimate of drug-likeness (QED) is 0.739. The number of aliphatic hydroxyl groups excluding tert-OH is 1. The number of aliphatic hydroxyl groups is 1.